The van der Waals surface area contributed by atoms with Gasteiger partial charge in [0.1, 0.15) is 6.04 Å². The first-order valence-corrected chi connectivity index (χ1v) is 10.7. The van der Waals surface area contributed by atoms with Crippen LogP contribution < -0.4 is 4.90 Å². The highest BCUT2D eigenvalue weighted by atomic mass is 16.1. The molecule has 0 N–H and O–H groups in total. The Bertz CT molecular complexity index is 1070. The molecule has 8 nitrogen and oxygen atoms in total. The van der Waals surface area contributed by atoms with Gasteiger partial charge in [0, 0.05) is 56.9 Å². The smallest absolute Gasteiger partial charge is 0.272 e. The summed E-state index contributed by atoms with van der Waals surface area (Å²) < 4.78 is 1.76. The summed E-state index contributed by atoms with van der Waals surface area (Å²) in [6.07, 6.45) is 12.2. The Morgan fingerprint density at radius 1 is 1.16 bits per heavy atom. The van der Waals surface area contributed by atoms with Crippen molar-refractivity contribution in [3.05, 3.63) is 60.1 Å². The lowest BCUT2D eigenvalue weighted by molar-refractivity contribution is -0.114. The minimum atomic E-state index is -0.123. The van der Waals surface area contributed by atoms with Crippen molar-refractivity contribution in [3.63, 3.8) is 0 Å². The molecule has 1 saturated heterocycles. The van der Waals surface area contributed by atoms with E-state index >= 15 is 0 Å². The van der Waals surface area contributed by atoms with E-state index in [0.717, 1.165) is 61.1 Å². The summed E-state index contributed by atoms with van der Waals surface area (Å²) in [6.45, 7) is 6.59. The van der Waals surface area contributed by atoms with Gasteiger partial charge in [0.05, 0.1) is 17.6 Å². The molecule has 0 radical (unpaired) electrons. The van der Waals surface area contributed by atoms with E-state index in [1.807, 2.05) is 49.8 Å². The van der Waals surface area contributed by atoms with Gasteiger partial charge in [-0.05, 0) is 42.3 Å². The third-order valence-corrected chi connectivity index (χ3v) is 5.90. The Morgan fingerprint density at radius 3 is 2.74 bits per heavy atom. The van der Waals surface area contributed by atoms with Gasteiger partial charge in [-0.3, -0.25) is 14.7 Å². The number of aromatic nitrogens is 3. The van der Waals surface area contributed by atoms with Crippen molar-refractivity contribution in [2.45, 2.75) is 19.4 Å². The van der Waals surface area contributed by atoms with Gasteiger partial charge in [-0.1, -0.05) is 6.92 Å². The largest absolute Gasteiger partial charge is 0.368 e. The third kappa shape index (κ3) is 4.11. The summed E-state index contributed by atoms with van der Waals surface area (Å²) in [5.41, 5.74) is 3.76. The van der Waals surface area contributed by atoms with Crippen molar-refractivity contribution < 1.29 is 4.79 Å². The van der Waals surface area contributed by atoms with Gasteiger partial charge in [-0.15, -0.1) is 0 Å². The highest BCUT2D eigenvalue weighted by Crippen LogP contribution is 2.20. The van der Waals surface area contributed by atoms with Crippen molar-refractivity contribution in [3.8, 4) is 5.82 Å². The molecule has 3 aliphatic rings. The molecule has 5 rings (SSSR count). The maximum atomic E-state index is 12.1. The average Bonchev–Trinajstić information content (AvgIpc) is 3.34. The second-order valence-corrected chi connectivity index (χ2v) is 7.92. The molecular weight excluding hydrogens is 390 g/mol. The van der Waals surface area contributed by atoms with Crippen molar-refractivity contribution >= 4 is 23.5 Å². The van der Waals surface area contributed by atoms with Gasteiger partial charge in [0.2, 0.25) is 0 Å². The monoisotopic (exact) mass is 415 g/mol. The Hall–Kier alpha value is -3.39. The van der Waals surface area contributed by atoms with Gasteiger partial charge >= 0.3 is 0 Å². The Labute approximate surface area is 181 Å². The minimum Gasteiger partial charge on any atom is -0.368 e. The fourth-order valence-corrected chi connectivity index (χ4v) is 4.13. The van der Waals surface area contributed by atoms with E-state index < -0.39 is 0 Å². The molecule has 8 heteroatoms. The number of pyridine rings is 1. The second kappa shape index (κ2) is 8.39. The van der Waals surface area contributed by atoms with Crippen LogP contribution in [0.3, 0.4) is 0 Å². The molecule has 0 spiro atoms. The predicted octanol–water partition coefficient (Wildman–Crippen LogP) is 2.09. The maximum Gasteiger partial charge on any atom is 0.272 e. The molecule has 1 unspecified atom stereocenters. The van der Waals surface area contributed by atoms with Crippen LogP contribution in [0.4, 0.5) is 5.69 Å². The van der Waals surface area contributed by atoms with Gasteiger partial charge in [-0.2, -0.15) is 5.10 Å². The number of fused-ring (bicyclic) bond motifs is 1. The summed E-state index contributed by atoms with van der Waals surface area (Å²) in [7, 11) is 0. The molecule has 2 aromatic rings. The van der Waals surface area contributed by atoms with E-state index in [9.17, 15) is 4.79 Å². The number of amides is 1. The molecule has 31 heavy (non-hydrogen) atoms. The second-order valence-electron chi connectivity index (χ2n) is 7.92. The SMILES string of the molecule is CCC1=CC2N=CC(CN3CCN(c4ccc(-n5cccn5)nc4)CC3)=CC2=NC1=O. The fraction of sp³-hybridized carbons (Fsp3) is 0.348. The van der Waals surface area contributed by atoms with E-state index in [4.69, 9.17) is 0 Å². The van der Waals surface area contributed by atoms with Crippen LogP contribution in [0, 0.1) is 0 Å². The predicted molar refractivity (Wildman–Crippen MR) is 121 cm³/mol. The molecule has 158 valence electrons. The zero-order valence-electron chi connectivity index (χ0n) is 17.6. The zero-order chi connectivity index (χ0) is 21.2. The van der Waals surface area contributed by atoms with E-state index in [2.05, 4.69) is 35.9 Å². The molecule has 0 saturated carbocycles. The maximum absolute atomic E-state index is 12.1. The number of hydrogen-bond acceptors (Lipinski definition) is 6. The molecule has 3 aliphatic heterocycles. The van der Waals surface area contributed by atoms with Gasteiger partial charge in [0.15, 0.2) is 5.82 Å². The molecule has 1 atom stereocenters. The van der Waals surface area contributed by atoms with Crippen LogP contribution >= 0.6 is 0 Å². The normalized spacial score (nSPS) is 21.5. The zero-order valence-corrected chi connectivity index (χ0v) is 17.6. The number of piperazine rings is 1. The Balaban J connectivity index is 1.17. The Kier molecular flexibility index (Phi) is 5.30. The molecule has 1 amide bonds. The van der Waals surface area contributed by atoms with Gasteiger partial charge < -0.3 is 4.90 Å². The first kappa shape index (κ1) is 19.6. The van der Waals surface area contributed by atoms with Crippen molar-refractivity contribution in [2.24, 2.45) is 9.98 Å². The molecule has 2 aromatic heterocycles. The van der Waals surface area contributed by atoms with E-state index in [0.29, 0.717) is 6.42 Å². The van der Waals surface area contributed by atoms with Gasteiger partial charge in [-0.25, -0.2) is 14.7 Å². The van der Waals surface area contributed by atoms with Crippen LogP contribution in [0.5, 0.6) is 0 Å². The summed E-state index contributed by atoms with van der Waals surface area (Å²) >= 11 is 0. The quantitative estimate of drug-likeness (QED) is 0.747. The first-order chi connectivity index (χ1) is 15.2. The molecule has 0 aromatic carbocycles. The number of aliphatic imine (C=N–C) groups is 2. The molecule has 0 bridgehead atoms. The number of dihydropyridines is 2. The number of nitrogens with zero attached hydrogens (tertiary/aromatic N) is 7. The van der Waals surface area contributed by atoms with E-state index in [1.54, 1.807) is 10.9 Å². The molecular formula is C23H25N7O. The summed E-state index contributed by atoms with van der Waals surface area (Å²) in [4.78, 5) is 30.3. The minimum absolute atomic E-state index is 0.106. The lowest BCUT2D eigenvalue weighted by Gasteiger charge is -2.36. The lowest BCUT2D eigenvalue weighted by Crippen LogP contribution is -2.47. The van der Waals surface area contributed by atoms with E-state index in [1.165, 1.54) is 0 Å². The topological polar surface area (TPSA) is 79.0 Å². The van der Waals surface area contributed by atoms with Crippen LogP contribution in [0.15, 0.2) is 70.1 Å². The standard InChI is InChI=1S/C23H25N7O/c1-2-18-13-20-21(27-23(18)31)12-17(14-24-20)16-28-8-10-29(11-9-28)19-4-5-22(25-15-19)30-7-3-6-26-30/h3-7,12-15,20H,2,8-11,16H2,1H3. The fourth-order valence-electron chi connectivity index (χ4n) is 4.13. The first-order valence-electron chi connectivity index (χ1n) is 10.7. The van der Waals surface area contributed by atoms with Crippen molar-refractivity contribution in [1.82, 2.24) is 19.7 Å². The number of carbonyl (C=O) groups is 1. The highest BCUT2D eigenvalue weighted by Gasteiger charge is 2.25. The number of rotatable bonds is 5. The number of hydrogen-bond donors (Lipinski definition) is 0. The van der Waals surface area contributed by atoms with Crippen LogP contribution in [-0.4, -0.2) is 76.3 Å². The summed E-state index contributed by atoms with van der Waals surface area (Å²) in [6, 6.07) is 5.88. The van der Waals surface area contributed by atoms with Crippen LogP contribution in [0.25, 0.3) is 5.82 Å². The molecule has 1 fully saturated rings. The Morgan fingerprint density at radius 2 is 2.03 bits per heavy atom. The molecule has 0 aliphatic carbocycles. The highest BCUT2D eigenvalue weighted by molar-refractivity contribution is 6.16. The average molecular weight is 416 g/mol. The molecule has 5 heterocycles. The lowest BCUT2D eigenvalue weighted by atomic mass is 9.98. The van der Waals surface area contributed by atoms with Gasteiger partial charge in [0.25, 0.3) is 5.91 Å². The van der Waals surface area contributed by atoms with Crippen LogP contribution in [-0.2, 0) is 4.79 Å². The van der Waals surface area contributed by atoms with E-state index in [-0.39, 0.29) is 11.9 Å². The summed E-state index contributed by atoms with van der Waals surface area (Å²) in [5, 5.41) is 4.22. The third-order valence-electron chi connectivity index (χ3n) is 5.90. The number of anilines is 1. The number of carbonyl (C=O) groups excluding carboxylic acids is 1. The summed E-state index contributed by atoms with van der Waals surface area (Å²) in [5.74, 6) is 0.696. The van der Waals surface area contributed by atoms with Crippen molar-refractivity contribution in [2.75, 3.05) is 37.6 Å². The van der Waals surface area contributed by atoms with Crippen molar-refractivity contribution in [1.29, 1.82) is 0 Å². The van der Waals surface area contributed by atoms with Crippen LogP contribution in [0.1, 0.15) is 13.3 Å². The van der Waals surface area contributed by atoms with Crippen LogP contribution in [0.2, 0.25) is 0 Å².